The van der Waals surface area contributed by atoms with Crippen LogP contribution in [0.25, 0.3) is 0 Å². The summed E-state index contributed by atoms with van der Waals surface area (Å²) >= 11 is 5.58. The zero-order valence-corrected chi connectivity index (χ0v) is 10.7. The molecule has 0 aromatic carbocycles. The summed E-state index contributed by atoms with van der Waals surface area (Å²) in [6, 6.07) is 2.78. The van der Waals surface area contributed by atoms with Gasteiger partial charge in [0, 0.05) is 29.1 Å². The Morgan fingerprint density at radius 3 is 2.54 bits per heavy atom. The van der Waals surface area contributed by atoms with Gasteiger partial charge in [0.05, 0.1) is 13.2 Å². The standard InChI is InChI=1S/C9H21ClO2Si/c1-11-6-7-12-5-3-9-13-8-2-4-10/h2-9,13H2,1H3. The molecule has 0 aromatic rings. The van der Waals surface area contributed by atoms with Crippen molar-refractivity contribution in [2.75, 3.05) is 32.8 Å². The number of alkyl halides is 1. The molecule has 0 fully saturated rings. The molecule has 0 heterocycles. The maximum Gasteiger partial charge on any atom is 0.0700 e. The molecule has 0 spiro atoms. The van der Waals surface area contributed by atoms with E-state index in [0.717, 1.165) is 19.1 Å². The summed E-state index contributed by atoms with van der Waals surface area (Å²) in [5.74, 6) is 0.831. The summed E-state index contributed by atoms with van der Waals surface area (Å²) in [6.45, 7) is 2.35. The number of methoxy groups -OCH3 is 1. The molecule has 0 rings (SSSR count). The number of halogens is 1. The van der Waals surface area contributed by atoms with Gasteiger partial charge in [0.25, 0.3) is 0 Å². The zero-order chi connectivity index (χ0) is 9.78. The molecule has 0 aliphatic heterocycles. The molecule has 0 N–H and O–H groups in total. The SMILES string of the molecule is COCCOCCC[SiH2]CCCCl. The van der Waals surface area contributed by atoms with Crippen LogP contribution in [0.3, 0.4) is 0 Å². The minimum atomic E-state index is 0.165. The van der Waals surface area contributed by atoms with Gasteiger partial charge in [-0.3, -0.25) is 0 Å². The van der Waals surface area contributed by atoms with E-state index in [-0.39, 0.29) is 9.52 Å². The van der Waals surface area contributed by atoms with E-state index in [9.17, 15) is 0 Å². The molecule has 0 atom stereocenters. The van der Waals surface area contributed by atoms with Crippen LogP contribution in [0.5, 0.6) is 0 Å². The minimum absolute atomic E-state index is 0.165. The van der Waals surface area contributed by atoms with Gasteiger partial charge < -0.3 is 9.47 Å². The fourth-order valence-electron chi connectivity index (χ4n) is 1.07. The van der Waals surface area contributed by atoms with Crippen LogP contribution in [0.2, 0.25) is 12.1 Å². The third-order valence-corrected chi connectivity index (χ3v) is 4.12. The van der Waals surface area contributed by atoms with E-state index in [1.165, 1.54) is 24.9 Å². The summed E-state index contributed by atoms with van der Waals surface area (Å²) in [5.41, 5.74) is 0. The van der Waals surface area contributed by atoms with Crippen LogP contribution in [0.4, 0.5) is 0 Å². The first kappa shape index (κ1) is 13.4. The Balaban J connectivity index is 2.76. The summed E-state index contributed by atoms with van der Waals surface area (Å²) in [6.07, 6.45) is 2.43. The van der Waals surface area contributed by atoms with E-state index in [1.807, 2.05) is 0 Å². The van der Waals surface area contributed by atoms with E-state index in [1.54, 1.807) is 7.11 Å². The predicted molar refractivity (Wildman–Crippen MR) is 60.8 cm³/mol. The molecule has 0 amide bonds. The van der Waals surface area contributed by atoms with Gasteiger partial charge in [0.15, 0.2) is 0 Å². The van der Waals surface area contributed by atoms with Crippen LogP contribution < -0.4 is 0 Å². The molecule has 2 nitrogen and oxygen atoms in total. The van der Waals surface area contributed by atoms with Crippen molar-refractivity contribution in [1.29, 1.82) is 0 Å². The van der Waals surface area contributed by atoms with E-state index < -0.39 is 0 Å². The molecule has 0 bridgehead atoms. The Morgan fingerprint density at radius 2 is 1.85 bits per heavy atom. The Morgan fingerprint density at radius 1 is 1.08 bits per heavy atom. The van der Waals surface area contributed by atoms with Crippen molar-refractivity contribution in [2.45, 2.75) is 24.9 Å². The highest BCUT2D eigenvalue weighted by molar-refractivity contribution is 6.35. The van der Waals surface area contributed by atoms with Crippen LogP contribution in [0, 0.1) is 0 Å². The van der Waals surface area contributed by atoms with Gasteiger partial charge in [0.2, 0.25) is 0 Å². The highest BCUT2D eigenvalue weighted by Crippen LogP contribution is 1.97. The first-order chi connectivity index (χ1) is 6.41. The smallest absolute Gasteiger partial charge is 0.0700 e. The highest BCUT2D eigenvalue weighted by atomic mass is 35.5. The minimum Gasteiger partial charge on any atom is -0.382 e. The van der Waals surface area contributed by atoms with Gasteiger partial charge in [-0.2, -0.15) is 0 Å². The summed E-state index contributed by atoms with van der Waals surface area (Å²) in [4.78, 5) is 0. The van der Waals surface area contributed by atoms with Crippen LogP contribution in [0.15, 0.2) is 0 Å². The van der Waals surface area contributed by atoms with E-state index in [2.05, 4.69) is 0 Å². The van der Waals surface area contributed by atoms with Crippen molar-refractivity contribution in [1.82, 2.24) is 0 Å². The lowest BCUT2D eigenvalue weighted by atomic mass is 10.5. The Hall–Kier alpha value is 0.427. The van der Waals surface area contributed by atoms with Crippen LogP contribution >= 0.6 is 11.6 Å². The van der Waals surface area contributed by atoms with Crippen molar-refractivity contribution in [2.24, 2.45) is 0 Å². The molecular weight excluding hydrogens is 204 g/mol. The molecule has 0 aliphatic rings. The topological polar surface area (TPSA) is 18.5 Å². The van der Waals surface area contributed by atoms with Crippen LogP contribution in [-0.2, 0) is 9.47 Å². The molecule has 0 radical (unpaired) electrons. The summed E-state index contributed by atoms with van der Waals surface area (Å²) < 4.78 is 10.2. The number of rotatable bonds is 10. The van der Waals surface area contributed by atoms with Crippen molar-refractivity contribution >= 4 is 21.1 Å². The Bertz CT molecular complexity index is 83.7. The van der Waals surface area contributed by atoms with Crippen molar-refractivity contribution in [3.8, 4) is 0 Å². The summed E-state index contributed by atoms with van der Waals surface area (Å²) in [7, 11) is 1.86. The lowest BCUT2D eigenvalue weighted by Gasteiger charge is -2.02. The second kappa shape index (κ2) is 12.4. The van der Waals surface area contributed by atoms with Gasteiger partial charge in [-0.05, 0) is 12.8 Å². The van der Waals surface area contributed by atoms with Crippen molar-refractivity contribution in [3.05, 3.63) is 0 Å². The monoisotopic (exact) mass is 224 g/mol. The zero-order valence-electron chi connectivity index (χ0n) is 8.56. The number of ether oxygens (including phenoxy) is 2. The first-order valence-corrected chi connectivity index (χ1v) is 7.58. The van der Waals surface area contributed by atoms with Gasteiger partial charge in [-0.1, -0.05) is 12.1 Å². The number of hydrogen-bond donors (Lipinski definition) is 0. The second-order valence-electron chi connectivity index (χ2n) is 3.06. The molecule has 13 heavy (non-hydrogen) atoms. The molecule has 0 saturated carbocycles. The second-order valence-corrected chi connectivity index (χ2v) is 5.56. The van der Waals surface area contributed by atoms with Crippen LogP contribution in [0.1, 0.15) is 12.8 Å². The number of hydrogen-bond acceptors (Lipinski definition) is 2. The molecule has 0 unspecified atom stereocenters. The lowest BCUT2D eigenvalue weighted by molar-refractivity contribution is 0.0710. The average molecular weight is 225 g/mol. The van der Waals surface area contributed by atoms with Crippen molar-refractivity contribution < 1.29 is 9.47 Å². The summed E-state index contributed by atoms with van der Waals surface area (Å²) in [5, 5.41) is 0. The Labute approximate surface area is 88.8 Å². The molecule has 0 aromatic heterocycles. The maximum absolute atomic E-state index is 5.58. The third-order valence-electron chi connectivity index (χ3n) is 1.85. The normalized spacial score (nSPS) is 11.5. The highest BCUT2D eigenvalue weighted by Gasteiger charge is 1.91. The van der Waals surface area contributed by atoms with Crippen molar-refractivity contribution in [3.63, 3.8) is 0 Å². The predicted octanol–water partition coefficient (Wildman–Crippen LogP) is 1.67. The molecule has 4 heteroatoms. The van der Waals surface area contributed by atoms with Gasteiger partial charge in [-0.15, -0.1) is 11.6 Å². The largest absolute Gasteiger partial charge is 0.382 e. The van der Waals surface area contributed by atoms with Gasteiger partial charge in [-0.25, -0.2) is 0 Å². The third kappa shape index (κ3) is 12.4. The first-order valence-electron chi connectivity index (χ1n) is 5.04. The Kier molecular flexibility index (Phi) is 12.8. The molecule has 0 aliphatic carbocycles. The quantitative estimate of drug-likeness (QED) is 0.319. The van der Waals surface area contributed by atoms with Gasteiger partial charge >= 0.3 is 0 Å². The molecule has 0 saturated heterocycles. The average Bonchev–Trinajstić information content (AvgIpc) is 2.16. The van der Waals surface area contributed by atoms with Gasteiger partial charge in [0.1, 0.15) is 0 Å². The fraction of sp³-hybridized carbons (Fsp3) is 1.00. The fourth-order valence-corrected chi connectivity index (χ4v) is 3.09. The van der Waals surface area contributed by atoms with E-state index >= 15 is 0 Å². The maximum atomic E-state index is 5.58. The molecule has 80 valence electrons. The van der Waals surface area contributed by atoms with E-state index in [0.29, 0.717) is 6.61 Å². The van der Waals surface area contributed by atoms with E-state index in [4.69, 9.17) is 21.1 Å². The van der Waals surface area contributed by atoms with Crippen LogP contribution in [-0.4, -0.2) is 42.3 Å². The lowest BCUT2D eigenvalue weighted by Crippen LogP contribution is -2.03. The molecular formula is C9H21ClO2Si.